The van der Waals surface area contributed by atoms with Crippen molar-refractivity contribution < 1.29 is 19.8 Å². The number of carboxylic acid groups (broad SMARTS) is 2. The Balaban J connectivity index is 1.72. The molecule has 4 rings (SSSR count). The standard InChI is InChI=1S/C20H17NO4/c22-19(23)12-6-4-11(5-7-12)18-15-3-1-2-14(15)16-10-13(20(24)25)8-9-17(16)21-18/h1-2,4-10,14-15,18,21H,3H2,(H,22,23)(H,24,25)/t14-,15+,18+/m1/s1. The molecule has 0 bridgehead atoms. The van der Waals surface area contributed by atoms with Crippen molar-refractivity contribution in [2.75, 3.05) is 5.32 Å². The predicted molar refractivity (Wildman–Crippen MR) is 93.2 cm³/mol. The van der Waals surface area contributed by atoms with Gasteiger partial charge in [-0.3, -0.25) is 0 Å². The average molecular weight is 335 g/mol. The monoisotopic (exact) mass is 335 g/mol. The van der Waals surface area contributed by atoms with Crippen LogP contribution in [0.25, 0.3) is 0 Å². The molecule has 0 fully saturated rings. The van der Waals surface area contributed by atoms with E-state index in [0.29, 0.717) is 5.56 Å². The Hall–Kier alpha value is -3.08. The number of carbonyl (C=O) groups is 2. The highest BCUT2D eigenvalue weighted by Crippen LogP contribution is 2.49. The maximum Gasteiger partial charge on any atom is 0.335 e. The summed E-state index contributed by atoms with van der Waals surface area (Å²) in [6.07, 6.45) is 5.19. The fourth-order valence-corrected chi connectivity index (χ4v) is 3.89. The molecule has 2 aromatic carbocycles. The van der Waals surface area contributed by atoms with Crippen LogP contribution >= 0.6 is 0 Å². The van der Waals surface area contributed by atoms with Crippen molar-refractivity contribution in [1.29, 1.82) is 0 Å². The molecule has 1 aliphatic heterocycles. The largest absolute Gasteiger partial charge is 0.478 e. The summed E-state index contributed by atoms with van der Waals surface area (Å²) in [7, 11) is 0. The molecule has 2 aromatic rings. The molecule has 0 spiro atoms. The third kappa shape index (κ3) is 2.58. The number of anilines is 1. The van der Waals surface area contributed by atoms with Gasteiger partial charge in [-0.1, -0.05) is 24.3 Å². The molecule has 0 saturated carbocycles. The van der Waals surface area contributed by atoms with E-state index in [2.05, 4.69) is 17.5 Å². The molecule has 1 heterocycles. The van der Waals surface area contributed by atoms with E-state index in [0.717, 1.165) is 23.2 Å². The molecule has 3 atom stereocenters. The first-order valence-corrected chi connectivity index (χ1v) is 8.18. The Bertz CT molecular complexity index is 885. The summed E-state index contributed by atoms with van der Waals surface area (Å²) < 4.78 is 0. The fraction of sp³-hybridized carbons (Fsp3) is 0.200. The van der Waals surface area contributed by atoms with Gasteiger partial charge in [0.05, 0.1) is 17.2 Å². The van der Waals surface area contributed by atoms with Crippen LogP contribution in [0.4, 0.5) is 5.69 Å². The molecule has 126 valence electrons. The second-order valence-electron chi connectivity index (χ2n) is 6.51. The summed E-state index contributed by atoms with van der Waals surface area (Å²) >= 11 is 0. The van der Waals surface area contributed by atoms with Crippen LogP contribution in [0.5, 0.6) is 0 Å². The number of benzene rings is 2. The first-order valence-electron chi connectivity index (χ1n) is 8.18. The lowest BCUT2D eigenvalue weighted by Gasteiger charge is -2.37. The predicted octanol–water partition coefficient (Wildman–Crippen LogP) is 3.91. The van der Waals surface area contributed by atoms with E-state index < -0.39 is 11.9 Å². The summed E-state index contributed by atoms with van der Waals surface area (Å²) in [6.45, 7) is 0. The molecular weight excluding hydrogens is 318 g/mol. The highest BCUT2D eigenvalue weighted by Gasteiger charge is 2.38. The van der Waals surface area contributed by atoms with Crippen LogP contribution in [0, 0.1) is 5.92 Å². The lowest BCUT2D eigenvalue weighted by atomic mass is 9.76. The van der Waals surface area contributed by atoms with Crippen molar-refractivity contribution in [1.82, 2.24) is 0 Å². The maximum atomic E-state index is 11.3. The first kappa shape index (κ1) is 15.4. The van der Waals surface area contributed by atoms with Crippen molar-refractivity contribution in [3.8, 4) is 0 Å². The molecule has 5 heteroatoms. The van der Waals surface area contributed by atoms with Crippen LogP contribution < -0.4 is 5.32 Å². The smallest absolute Gasteiger partial charge is 0.335 e. The van der Waals surface area contributed by atoms with Crippen LogP contribution in [0.3, 0.4) is 0 Å². The van der Waals surface area contributed by atoms with Crippen LogP contribution in [-0.4, -0.2) is 22.2 Å². The Morgan fingerprint density at radius 3 is 2.32 bits per heavy atom. The number of fused-ring (bicyclic) bond motifs is 3. The van der Waals surface area contributed by atoms with E-state index in [1.165, 1.54) is 0 Å². The van der Waals surface area contributed by atoms with Crippen LogP contribution in [0.2, 0.25) is 0 Å². The number of carboxylic acids is 2. The van der Waals surface area contributed by atoms with Gasteiger partial charge in [0.25, 0.3) is 0 Å². The summed E-state index contributed by atoms with van der Waals surface area (Å²) in [5.41, 5.74) is 3.55. The van der Waals surface area contributed by atoms with Crippen molar-refractivity contribution in [2.45, 2.75) is 18.4 Å². The van der Waals surface area contributed by atoms with Gasteiger partial charge in [0.1, 0.15) is 0 Å². The third-order valence-electron chi connectivity index (χ3n) is 5.13. The zero-order valence-corrected chi connectivity index (χ0v) is 13.3. The molecular formula is C20H17NO4. The Morgan fingerprint density at radius 2 is 1.64 bits per heavy atom. The van der Waals surface area contributed by atoms with Gasteiger partial charge >= 0.3 is 11.9 Å². The molecule has 1 aliphatic carbocycles. The first-order chi connectivity index (χ1) is 12.0. The van der Waals surface area contributed by atoms with E-state index in [-0.39, 0.29) is 23.4 Å². The highest BCUT2D eigenvalue weighted by molar-refractivity contribution is 5.89. The van der Waals surface area contributed by atoms with Crippen molar-refractivity contribution in [3.05, 3.63) is 76.9 Å². The van der Waals surface area contributed by atoms with Crippen LogP contribution in [0.1, 0.15) is 50.2 Å². The van der Waals surface area contributed by atoms with Crippen LogP contribution in [-0.2, 0) is 0 Å². The Morgan fingerprint density at radius 1 is 0.960 bits per heavy atom. The van der Waals surface area contributed by atoms with E-state index >= 15 is 0 Å². The summed E-state index contributed by atoms with van der Waals surface area (Å²) in [5, 5.41) is 21.8. The van der Waals surface area contributed by atoms with Crippen LogP contribution in [0.15, 0.2) is 54.6 Å². The zero-order chi connectivity index (χ0) is 17.6. The fourth-order valence-electron chi connectivity index (χ4n) is 3.89. The topological polar surface area (TPSA) is 86.6 Å². The molecule has 0 radical (unpaired) electrons. The van der Waals surface area contributed by atoms with Gasteiger partial charge in [-0.25, -0.2) is 9.59 Å². The van der Waals surface area contributed by atoms with E-state index in [1.54, 1.807) is 24.3 Å². The minimum atomic E-state index is -0.935. The molecule has 0 aromatic heterocycles. The van der Waals surface area contributed by atoms with Crippen molar-refractivity contribution in [3.63, 3.8) is 0 Å². The van der Waals surface area contributed by atoms with Gasteiger partial charge in [0.15, 0.2) is 0 Å². The molecule has 5 nitrogen and oxygen atoms in total. The number of hydrogen-bond donors (Lipinski definition) is 3. The lowest BCUT2D eigenvalue weighted by molar-refractivity contribution is 0.0686. The summed E-state index contributed by atoms with van der Waals surface area (Å²) in [4.78, 5) is 22.3. The summed E-state index contributed by atoms with van der Waals surface area (Å²) in [5.74, 6) is -1.41. The SMILES string of the molecule is O=C(O)c1ccc([C@@H]2Nc3ccc(C(=O)O)cc3[C@@H]3C=CC[C@@H]32)cc1. The van der Waals surface area contributed by atoms with Crippen molar-refractivity contribution in [2.24, 2.45) is 5.92 Å². The number of aromatic carboxylic acids is 2. The van der Waals surface area contributed by atoms with Gasteiger partial charge < -0.3 is 15.5 Å². The normalized spacial score (nSPS) is 23.4. The molecule has 2 aliphatic rings. The number of nitrogens with one attached hydrogen (secondary N) is 1. The minimum Gasteiger partial charge on any atom is -0.478 e. The second-order valence-corrected chi connectivity index (χ2v) is 6.51. The number of hydrogen-bond acceptors (Lipinski definition) is 3. The molecule has 25 heavy (non-hydrogen) atoms. The van der Waals surface area contributed by atoms with Gasteiger partial charge in [-0.2, -0.15) is 0 Å². The zero-order valence-electron chi connectivity index (χ0n) is 13.3. The van der Waals surface area contributed by atoms with Gasteiger partial charge in [-0.05, 0) is 53.8 Å². The van der Waals surface area contributed by atoms with Gasteiger partial charge in [-0.15, -0.1) is 0 Å². The molecule has 0 saturated heterocycles. The van der Waals surface area contributed by atoms with Gasteiger partial charge in [0.2, 0.25) is 0 Å². The quantitative estimate of drug-likeness (QED) is 0.740. The molecule has 3 N–H and O–H groups in total. The summed E-state index contributed by atoms with van der Waals surface area (Å²) in [6, 6.07) is 12.2. The average Bonchev–Trinajstić information content (AvgIpc) is 3.10. The maximum absolute atomic E-state index is 11.3. The number of rotatable bonds is 3. The minimum absolute atomic E-state index is 0.0611. The van der Waals surface area contributed by atoms with Crippen molar-refractivity contribution >= 4 is 17.6 Å². The van der Waals surface area contributed by atoms with Gasteiger partial charge in [0, 0.05) is 11.6 Å². The Labute approximate surface area is 144 Å². The molecule has 0 unspecified atom stereocenters. The second kappa shape index (κ2) is 5.77. The number of allylic oxidation sites excluding steroid dienone is 2. The molecule has 0 amide bonds. The Kier molecular flexibility index (Phi) is 3.57. The lowest BCUT2D eigenvalue weighted by Crippen LogP contribution is -2.29. The highest BCUT2D eigenvalue weighted by atomic mass is 16.4. The van der Waals surface area contributed by atoms with E-state index in [9.17, 15) is 14.7 Å². The third-order valence-corrected chi connectivity index (χ3v) is 5.13. The van der Waals surface area contributed by atoms with E-state index in [4.69, 9.17) is 5.11 Å². The van der Waals surface area contributed by atoms with E-state index in [1.807, 2.05) is 18.2 Å².